The van der Waals surface area contributed by atoms with Crippen LogP contribution in [0.15, 0.2) is 24.4 Å². The van der Waals surface area contributed by atoms with Crippen molar-refractivity contribution in [1.82, 2.24) is 9.88 Å². The summed E-state index contributed by atoms with van der Waals surface area (Å²) in [5, 5.41) is 9.62. The quantitative estimate of drug-likeness (QED) is 0.891. The number of carboxylic acid groups (broad SMARTS) is 1. The topological polar surface area (TPSA) is 82.6 Å². The van der Waals surface area contributed by atoms with E-state index in [9.17, 15) is 14.0 Å². The van der Waals surface area contributed by atoms with Gasteiger partial charge in [0.05, 0.1) is 19.6 Å². The highest BCUT2D eigenvalue weighted by Gasteiger charge is 2.29. The lowest BCUT2D eigenvalue weighted by atomic mass is 10.1. The van der Waals surface area contributed by atoms with Crippen molar-refractivity contribution in [1.29, 1.82) is 0 Å². The maximum absolute atomic E-state index is 13.3. The Kier molecular flexibility index (Phi) is 3.81. The first kappa shape index (κ1) is 14.5. The van der Waals surface area contributed by atoms with E-state index in [4.69, 9.17) is 9.84 Å². The van der Waals surface area contributed by atoms with Crippen LogP contribution in [0.25, 0.3) is 10.9 Å². The fourth-order valence-corrected chi connectivity index (χ4v) is 2.60. The average molecular weight is 306 g/mol. The number of benzene rings is 1. The first-order valence-electron chi connectivity index (χ1n) is 6.92. The highest BCUT2D eigenvalue weighted by molar-refractivity contribution is 5.89. The lowest BCUT2D eigenvalue weighted by Gasteiger charge is -2.30. The minimum absolute atomic E-state index is 0.0326. The Morgan fingerprint density at radius 2 is 2.27 bits per heavy atom. The van der Waals surface area contributed by atoms with Crippen LogP contribution in [0, 0.1) is 5.82 Å². The fourth-order valence-electron chi connectivity index (χ4n) is 2.60. The lowest BCUT2D eigenvalue weighted by molar-refractivity contribution is -0.159. The number of aromatic amines is 1. The number of aromatic nitrogens is 1. The van der Waals surface area contributed by atoms with Gasteiger partial charge in [0, 0.05) is 23.6 Å². The van der Waals surface area contributed by atoms with Crippen LogP contribution in [-0.4, -0.2) is 52.7 Å². The number of morpholine rings is 1. The van der Waals surface area contributed by atoms with E-state index >= 15 is 0 Å². The van der Waals surface area contributed by atoms with Crippen molar-refractivity contribution < 1.29 is 23.8 Å². The summed E-state index contributed by atoms with van der Waals surface area (Å²) < 4.78 is 18.4. The van der Waals surface area contributed by atoms with Crippen LogP contribution in [0.2, 0.25) is 0 Å². The molecule has 0 aliphatic carbocycles. The molecule has 1 aliphatic heterocycles. The zero-order valence-electron chi connectivity index (χ0n) is 11.7. The van der Waals surface area contributed by atoms with Crippen LogP contribution in [-0.2, 0) is 20.7 Å². The molecule has 0 spiro atoms. The Balaban J connectivity index is 1.75. The van der Waals surface area contributed by atoms with E-state index < -0.39 is 12.1 Å². The van der Waals surface area contributed by atoms with Gasteiger partial charge in [-0.1, -0.05) is 0 Å². The number of carboxylic acids is 1. The lowest BCUT2D eigenvalue weighted by Crippen LogP contribution is -2.49. The molecule has 7 heteroatoms. The molecule has 1 amide bonds. The Bertz CT molecular complexity index is 727. The largest absolute Gasteiger partial charge is 0.479 e. The molecule has 2 aromatic rings. The van der Waals surface area contributed by atoms with Gasteiger partial charge >= 0.3 is 5.97 Å². The number of ether oxygens (including phenoxy) is 1. The fraction of sp³-hybridized carbons (Fsp3) is 0.333. The van der Waals surface area contributed by atoms with Gasteiger partial charge in [-0.25, -0.2) is 9.18 Å². The summed E-state index contributed by atoms with van der Waals surface area (Å²) in [6.45, 7) is 0.593. The number of nitrogens with one attached hydrogen (secondary N) is 1. The van der Waals surface area contributed by atoms with Gasteiger partial charge in [-0.3, -0.25) is 4.79 Å². The van der Waals surface area contributed by atoms with Gasteiger partial charge in [-0.05, 0) is 23.8 Å². The highest BCUT2D eigenvalue weighted by atomic mass is 19.1. The highest BCUT2D eigenvalue weighted by Crippen LogP contribution is 2.20. The normalized spacial score (nSPS) is 18.6. The maximum atomic E-state index is 13.3. The SMILES string of the molecule is O=C(O)[C@H]1CN(C(=O)Cc2c[nH]c3ccc(F)cc23)CCO1. The van der Waals surface area contributed by atoms with Crippen LogP contribution in [0.5, 0.6) is 0 Å². The third-order valence-corrected chi connectivity index (χ3v) is 3.77. The molecule has 2 N–H and O–H groups in total. The molecule has 1 fully saturated rings. The molecule has 0 radical (unpaired) electrons. The van der Waals surface area contributed by atoms with Crippen molar-refractivity contribution in [2.24, 2.45) is 0 Å². The van der Waals surface area contributed by atoms with Crippen LogP contribution in [0.3, 0.4) is 0 Å². The molecule has 22 heavy (non-hydrogen) atoms. The summed E-state index contributed by atoms with van der Waals surface area (Å²) in [6, 6.07) is 4.35. The van der Waals surface area contributed by atoms with Crippen LogP contribution in [0.1, 0.15) is 5.56 Å². The van der Waals surface area contributed by atoms with Gasteiger partial charge in [0.2, 0.25) is 5.91 Å². The van der Waals surface area contributed by atoms with Gasteiger partial charge in [0.1, 0.15) is 5.82 Å². The third kappa shape index (κ3) is 2.80. The minimum Gasteiger partial charge on any atom is -0.479 e. The Labute approximate surface area is 125 Å². The van der Waals surface area contributed by atoms with Crippen molar-refractivity contribution in [3.8, 4) is 0 Å². The standard InChI is InChI=1S/C15H15FN2O4/c16-10-1-2-12-11(6-10)9(7-17-12)5-14(19)18-3-4-22-13(8-18)15(20)21/h1-2,6-7,13,17H,3-5,8H2,(H,20,21)/t13-/m1/s1. The Hall–Kier alpha value is -2.41. The predicted octanol–water partition coefficient (Wildman–Crippen LogP) is 1.16. The average Bonchev–Trinajstić information content (AvgIpc) is 2.89. The monoisotopic (exact) mass is 306 g/mol. The molecule has 1 atom stereocenters. The van der Waals surface area contributed by atoms with Crippen LogP contribution >= 0.6 is 0 Å². The molecule has 3 rings (SSSR count). The van der Waals surface area contributed by atoms with E-state index in [0.717, 1.165) is 5.52 Å². The molecule has 1 saturated heterocycles. The van der Waals surface area contributed by atoms with E-state index in [0.29, 0.717) is 17.5 Å². The molecule has 0 saturated carbocycles. The number of fused-ring (bicyclic) bond motifs is 1. The number of amides is 1. The second-order valence-electron chi connectivity index (χ2n) is 5.22. The Morgan fingerprint density at radius 1 is 1.45 bits per heavy atom. The summed E-state index contributed by atoms with van der Waals surface area (Å²) in [5.41, 5.74) is 1.45. The van der Waals surface area contributed by atoms with E-state index in [1.807, 2.05) is 0 Å². The number of hydrogen-bond acceptors (Lipinski definition) is 3. The van der Waals surface area contributed by atoms with Crippen molar-refractivity contribution in [2.45, 2.75) is 12.5 Å². The smallest absolute Gasteiger partial charge is 0.334 e. The molecular formula is C15H15FN2O4. The minimum atomic E-state index is -1.08. The van der Waals surface area contributed by atoms with E-state index in [-0.39, 0.29) is 31.3 Å². The van der Waals surface area contributed by atoms with Gasteiger partial charge in [-0.15, -0.1) is 0 Å². The zero-order chi connectivity index (χ0) is 15.7. The van der Waals surface area contributed by atoms with E-state index in [2.05, 4.69) is 4.98 Å². The van der Waals surface area contributed by atoms with Gasteiger partial charge in [0.25, 0.3) is 0 Å². The first-order valence-corrected chi connectivity index (χ1v) is 6.92. The first-order chi connectivity index (χ1) is 10.5. The van der Waals surface area contributed by atoms with Crippen molar-refractivity contribution in [2.75, 3.05) is 19.7 Å². The van der Waals surface area contributed by atoms with Crippen LogP contribution in [0.4, 0.5) is 4.39 Å². The summed E-state index contributed by atoms with van der Waals surface area (Å²) >= 11 is 0. The molecular weight excluding hydrogens is 291 g/mol. The van der Waals surface area contributed by atoms with Crippen LogP contribution < -0.4 is 0 Å². The molecule has 1 aromatic heterocycles. The van der Waals surface area contributed by atoms with Crippen molar-refractivity contribution in [3.05, 3.63) is 35.8 Å². The Morgan fingerprint density at radius 3 is 3.05 bits per heavy atom. The van der Waals surface area contributed by atoms with Gasteiger partial charge < -0.3 is 19.7 Å². The van der Waals surface area contributed by atoms with E-state index in [1.54, 1.807) is 12.3 Å². The number of carbonyl (C=O) groups is 2. The number of H-pyrrole nitrogens is 1. The summed E-state index contributed by atoms with van der Waals surface area (Å²) in [4.78, 5) is 27.7. The number of aliphatic carboxylic acids is 1. The third-order valence-electron chi connectivity index (χ3n) is 3.77. The molecule has 0 unspecified atom stereocenters. The van der Waals surface area contributed by atoms with Gasteiger partial charge in [0.15, 0.2) is 6.10 Å². The molecule has 1 aliphatic rings. The molecule has 1 aromatic carbocycles. The number of nitrogens with zero attached hydrogens (tertiary/aromatic N) is 1. The van der Waals surface area contributed by atoms with Crippen molar-refractivity contribution in [3.63, 3.8) is 0 Å². The number of halogens is 1. The zero-order valence-corrected chi connectivity index (χ0v) is 11.7. The maximum Gasteiger partial charge on any atom is 0.334 e. The predicted molar refractivity (Wildman–Crippen MR) is 75.9 cm³/mol. The second-order valence-corrected chi connectivity index (χ2v) is 5.22. The summed E-state index contributed by atoms with van der Waals surface area (Å²) in [5.74, 6) is -1.63. The van der Waals surface area contributed by atoms with Crippen molar-refractivity contribution >= 4 is 22.8 Å². The van der Waals surface area contributed by atoms with Gasteiger partial charge in [-0.2, -0.15) is 0 Å². The number of hydrogen-bond donors (Lipinski definition) is 2. The summed E-state index contributed by atoms with van der Waals surface area (Å²) in [6.07, 6.45) is 0.783. The molecule has 6 nitrogen and oxygen atoms in total. The summed E-state index contributed by atoms with van der Waals surface area (Å²) in [7, 11) is 0. The molecule has 2 heterocycles. The van der Waals surface area contributed by atoms with E-state index in [1.165, 1.54) is 17.0 Å². The molecule has 116 valence electrons. The second kappa shape index (κ2) is 5.76. The number of rotatable bonds is 3. The molecule has 0 bridgehead atoms. The number of carbonyl (C=O) groups excluding carboxylic acids is 1.